The molecule has 20 heavy (non-hydrogen) atoms. The lowest BCUT2D eigenvalue weighted by molar-refractivity contribution is 0.392. The highest BCUT2D eigenvalue weighted by Crippen LogP contribution is 2.20. The second-order valence-corrected chi connectivity index (χ2v) is 5.22. The van der Waals surface area contributed by atoms with E-state index in [9.17, 15) is 0 Å². The SMILES string of the molecule is COc1ncccc1CCc1ccc(Br)c2nncn12. The Kier molecular flexibility index (Phi) is 3.64. The summed E-state index contributed by atoms with van der Waals surface area (Å²) in [7, 11) is 1.64. The topological polar surface area (TPSA) is 52.3 Å². The van der Waals surface area contributed by atoms with Crippen LogP contribution >= 0.6 is 15.9 Å². The first kappa shape index (κ1) is 13.1. The van der Waals surface area contributed by atoms with Crippen molar-refractivity contribution in [3.05, 3.63) is 52.5 Å². The third-order valence-corrected chi connectivity index (χ3v) is 3.81. The van der Waals surface area contributed by atoms with Crippen molar-refractivity contribution in [2.75, 3.05) is 7.11 Å². The summed E-state index contributed by atoms with van der Waals surface area (Å²) in [6.07, 6.45) is 5.19. The average molecular weight is 333 g/mol. The van der Waals surface area contributed by atoms with Crippen molar-refractivity contribution in [1.29, 1.82) is 0 Å². The molecule has 3 aromatic rings. The van der Waals surface area contributed by atoms with Crippen molar-refractivity contribution in [3.63, 3.8) is 0 Å². The number of hydrogen-bond acceptors (Lipinski definition) is 4. The third kappa shape index (κ3) is 2.38. The molecule has 0 saturated heterocycles. The number of pyridine rings is 2. The number of hydrogen-bond donors (Lipinski definition) is 0. The average Bonchev–Trinajstić information content (AvgIpc) is 2.97. The minimum absolute atomic E-state index is 0.685. The van der Waals surface area contributed by atoms with Gasteiger partial charge < -0.3 is 4.74 Å². The summed E-state index contributed by atoms with van der Waals surface area (Å²) in [5.41, 5.74) is 3.08. The third-order valence-electron chi connectivity index (χ3n) is 3.19. The lowest BCUT2D eigenvalue weighted by Gasteiger charge is -2.08. The molecule has 0 aliphatic rings. The molecule has 0 unspecified atom stereocenters. The van der Waals surface area contributed by atoms with Crippen LogP contribution in [-0.4, -0.2) is 26.7 Å². The van der Waals surface area contributed by atoms with Gasteiger partial charge >= 0.3 is 0 Å². The first-order chi connectivity index (χ1) is 9.79. The number of nitrogens with zero attached hydrogens (tertiary/aromatic N) is 4. The molecule has 0 aliphatic heterocycles. The van der Waals surface area contributed by atoms with Gasteiger partial charge in [-0.2, -0.15) is 0 Å². The fraction of sp³-hybridized carbons (Fsp3) is 0.214. The fourth-order valence-electron chi connectivity index (χ4n) is 2.20. The van der Waals surface area contributed by atoms with Gasteiger partial charge in [-0.1, -0.05) is 6.07 Å². The Labute approximate surface area is 124 Å². The van der Waals surface area contributed by atoms with E-state index in [-0.39, 0.29) is 0 Å². The normalized spacial score (nSPS) is 10.9. The van der Waals surface area contributed by atoms with Crippen molar-refractivity contribution in [2.24, 2.45) is 0 Å². The summed E-state index contributed by atoms with van der Waals surface area (Å²) < 4.78 is 8.21. The summed E-state index contributed by atoms with van der Waals surface area (Å²) in [5.74, 6) is 0.685. The van der Waals surface area contributed by atoms with Crippen LogP contribution in [0.25, 0.3) is 5.65 Å². The maximum atomic E-state index is 5.28. The van der Waals surface area contributed by atoms with Crippen LogP contribution in [-0.2, 0) is 12.8 Å². The van der Waals surface area contributed by atoms with Gasteiger partial charge in [0, 0.05) is 17.5 Å². The summed E-state index contributed by atoms with van der Waals surface area (Å²) in [6.45, 7) is 0. The molecule has 0 spiro atoms. The largest absolute Gasteiger partial charge is 0.481 e. The van der Waals surface area contributed by atoms with Crippen molar-refractivity contribution in [2.45, 2.75) is 12.8 Å². The van der Waals surface area contributed by atoms with E-state index in [1.54, 1.807) is 19.6 Å². The minimum Gasteiger partial charge on any atom is -0.481 e. The number of halogens is 1. The highest BCUT2D eigenvalue weighted by Gasteiger charge is 2.08. The fourth-order valence-corrected chi connectivity index (χ4v) is 2.60. The van der Waals surface area contributed by atoms with Gasteiger partial charge in [-0.05, 0) is 47.0 Å². The summed E-state index contributed by atoms with van der Waals surface area (Å²) in [4.78, 5) is 4.21. The molecule has 0 bridgehead atoms. The zero-order valence-electron chi connectivity index (χ0n) is 11.0. The van der Waals surface area contributed by atoms with Crippen LogP contribution in [0.5, 0.6) is 5.88 Å². The van der Waals surface area contributed by atoms with E-state index in [4.69, 9.17) is 4.74 Å². The summed E-state index contributed by atoms with van der Waals surface area (Å²) in [6, 6.07) is 8.03. The van der Waals surface area contributed by atoms with Gasteiger partial charge in [-0.15, -0.1) is 10.2 Å². The Morgan fingerprint density at radius 2 is 2.15 bits per heavy atom. The standard InChI is InChI=1S/C14H13BrN4O/c1-20-14-10(3-2-8-16-14)4-5-11-6-7-12(15)13-18-17-9-19(11)13/h2-3,6-9H,4-5H2,1H3. The number of ether oxygens (including phenoxy) is 1. The number of aromatic nitrogens is 4. The maximum absolute atomic E-state index is 5.28. The summed E-state index contributed by atoms with van der Waals surface area (Å²) >= 11 is 3.48. The van der Waals surface area contributed by atoms with Crippen molar-refractivity contribution in [3.8, 4) is 5.88 Å². The van der Waals surface area contributed by atoms with Gasteiger partial charge in [0.1, 0.15) is 6.33 Å². The van der Waals surface area contributed by atoms with E-state index in [2.05, 4.69) is 37.2 Å². The van der Waals surface area contributed by atoms with Gasteiger partial charge in [0.25, 0.3) is 0 Å². The van der Waals surface area contributed by atoms with Gasteiger partial charge in [0.05, 0.1) is 11.6 Å². The number of rotatable bonds is 4. The molecule has 0 N–H and O–H groups in total. The molecule has 0 amide bonds. The van der Waals surface area contributed by atoms with Gasteiger partial charge in [0.15, 0.2) is 5.65 Å². The lowest BCUT2D eigenvalue weighted by Crippen LogP contribution is -2.01. The molecule has 102 valence electrons. The van der Waals surface area contributed by atoms with Crippen LogP contribution in [0.15, 0.2) is 41.3 Å². The Morgan fingerprint density at radius 1 is 1.25 bits per heavy atom. The van der Waals surface area contributed by atoms with Gasteiger partial charge in [-0.25, -0.2) is 4.98 Å². The molecular formula is C14H13BrN4O. The Morgan fingerprint density at radius 3 is 3.00 bits per heavy atom. The number of aryl methyl sites for hydroxylation is 2. The molecule has 0 aromatic carbocycles. The molecule has 3 aromatic heterocycles. The van der Waals surface area contributed by atoms with Gasteiger partial charge in [0.2, 0.25) is 5.88 Å². The first-order valence-electron chi connectivity index (χ1n) is 6.24. The predicted octanol–water partition coefficient (Wildman–Crippen LogP) is 2.68. The molecule has 5 nitrogen and oxygen atoms in total. The highest BCUT2D eigenvalue weighted by molar-refractivity contribution is 9.10. The second-order valence-electron chi connectivity index (χ2n) is 4.37. The van der Waals surface area contributed by atoms with E-state index < -0.39 is 0 Å². The number of methoxy groups -OCH3 is 1. The van der Waals surface area contributed by atoms with E-state index >= 15 is 0 Å². The van der Waals surface area contributed by atoms with Crippen LogP contribution in [0.1, 0.15) is 11.3 Å². The first-order valence-corrected chi connectivity index (χ1v) is 7.04. The lowest BCUT2D eigenvalue weighted by atomic mass is 10.1. The molecule has 0 radical (unpaired) electrons. The van der Waals surface area contributed by atoms with Crippen LogP contribution in [0, 0.1) is 0 Å². The van der Waals surface area contributed by atoms with Crippen LogP contribution in [0.4, 0.5) is 0 Å². The molecule has 6 heteroatoms. The van der Waals surface area contributed by atoms with Gasteiger partial charge in [-0.3, -0.25) is 4.40 Å². The van der Waals surface area contributed by atoms with E-state index in [0.29, 0.717) is 5.88 Å². The number of fused-ring (bicyclic) bond motifs is 1. The Hall–Kier alpha value is -1.95. The Bertz CT molecular complexity index is 741. The minimum atomic E-state index is 0.685. The molecule has 0 aliphatic carbocycles. The van der Waals surface area contributed by atoms with Crippen LogP contribution < -0.4 is 4.74 Å². The molecular weight excluding hydrogens is 320 g/mol. The zero-order valence-corrected chi connectivity index (χ0v) is 12.5. The van der Waals surface area contributed by atoms with E-state index in [0.717, 1.165) is 34.2 Å². The van der Waals surface area contributed by atoms with Crippen LogP contribution in [0.3, 0.4) is 0 Å². The molecule has 0 atom stereocenters. The quantitative estimate of drug-likeness (QED) is 0.737. The van der Waals surface area contributed by atoms with Crippen molar-refractivity contribution >= 4 is 21.6 Å². The smallest absolute Gasteiger partial charge is 0.216 e. The molecule has 0 saturated carbocycles. The van der Waals surface area contributed by atoms with Crippen molar-refractivity contribution in [1.82, 2.24) is 19.6 Å². The Balaban J connectivity index is 1.87. The van der Waals surface area contributed by atoms with E-state index in [1.807, 2.05) is 22.6 Å². The van der Waals surface area contributed by atoms with Crippen LogP contribution in [0.2, 0.25) is 0 Å². The summed E-state index contributed by atoms with van der Waals surface area (Å²) in [5, 5.41) is 8.05. The molecule has 3 heterocycles. The van der Waals surface area contributed by atoms with E-state index in [1.165, 1.54) is 0 Å². The molecule has 3 rings (SSSR count). The monoisotopic (exact) mass is 332 g/mol. The highest BCUT2D eigenvalue weighted by atomic mass is 79.9. The zero-order chi connectivity index (χ0) is 13.9. The van der Waals surface area contributed by atoms with Crippen molar-refractivity contribution < 1.29 is 4.74 Å². The predicted molar refractivity (Wildman–Crippen MR) is 78.9 cm³/mol. The second kappa shape index (κ2) is 5.58. The maximum Gasteiger partial charge on any atom is 0.216 e. The molecule has 0 fully saturated rings.